The zero-order chi connectivity index (χ0) is 16.7. The van der Waals surface area contributed by atoms with Crippen molar-refractivity contribution in [2.75, 3.05) is 33.7 Å². The molecule has 2 rings (SSSR count). The number of aliphatic imine (C=N–C) groups is 1. The van der Waals surface area contributed by atoms with E-state index >= 15 is 0 Å². The van der Waals surface area contributed by atoms with Gasteiger partial charge < -0.3 is 15.5 Å². The number of benzene rings is 1. The van der Waals surface area contributed by atoms with Crippen LogP contribution in [0.3, 0.4) is 0 Å². The van der Waals surface area contributed by atoms with Gasteiger partial charge in [-0.3, -0.25) is 4.99 Å². The molecule has 4 nitrogen and oxygen atoms in total. The molecule has 0 saturated heterocycles. The number of nitrogens with one attached hydrogen (secondary N) is 2. The zero-order valence-electron chi connectivity index (χ0n) is 14.5. The molecule has 1 aromatic carbocycles. The molecule has 23 heavy (non-hydrogen) atoms. The third-order valence-electron chi connectivity index (χ3n) is 4.21. The number of nitrogens with zero attached hydrogens (tertiary/aromatic N) is 2. The first kappa shape index (κ1) is 17.7. The number of hydrogen-bond acceptors (Lipinski definition) is 2. The van der Waals surface area contributed by atoms with Gasteiger partial charge in [0.2, 0.25) is 0 Å². The summed E-state index contributed by atoms with van der Waals surface area (Å²) in [5, 5.41) is 6.62. The van der Waals surface area contributed by atoms with Crippen LogP contribution in [-0.2, 0) is 6.42 Å². The molecule has 0 spiro atoms. The fourth-order valence-corrected chi connectivity index (χ4v) is 2.76. The van der Waals surface area contributed by atoms with Crippen molar-refractivity contribution >= 4 is 5.96 Å². The van der Waals surface area contributed by atoms with Crippen LogP contribution in [0.25, 0.3) is 0 Å². The quantitative estimate of drug-likeness (QED) is 0.570. The lowest BCUT2D eigenvalue weighted by Crippen LogP contribution is -2.40. The van der Waals surface area contributed by atoms with Crippen molar-refractivity contribution in [3.63, 3.8) is 0 Å². The van der Waals surface area contributed by atoms with Gasteiger partial charge >= 0.3 is 0 Å². The second-order valence-electron chi connectivity index (χ2n) is 6.39. The number of guanidine groups is 1. The van der Waals surface area contributed by atoms with Crippen LogP contribution in [-0.4, -0.2) is 50.6 Å². The molecule has 1 aliphatic carbocycles. The first-order valence-corrected chi connectivity index (χ1v) is 8.53. The molecular formula is C18H29FN4. The molecule has 1 saturated carbocycles. The molecule has 1 atom stereocenters. The summed E-state index contributed by atoms with van der Waals surface area (Å²) in [5.74, 6) is 1.46. The van der Waals surface area contributed by atoms with E-state index in [0.29, 0.717) is 6.04 Å². The summed E-state index contributed by atoms with van der Waals surface area (Å²) in [4.78, 5) is 7.00. The first-order chi connectivity index (χ1) is 11.1. The van der Waals surface area contributed by atoms with Crippen LogP contribution in [0.5, 0.6) is 0 Å². The lowest BCUT2D eigenvalue weighted by atomic mass is 10.1. The summed E-state index contributed by atoms with van der Waals surface area (Å²) in [6.45, 7) is 4.45. The average Bonchev–Trinajstić information content (AvgIpc) is 3.32. The minimum Gasteiger partial charge on any atom is -0.357 e. The third kappa shape index (κ3) is 6.18. The Labute approximate surface area is 139 Å². The van der Waals surface area contributed by atoms with Crippen LogP contribution in [0.2, 0.25) is 0 Å². The highest BCUT2D eigenvalue weighted by Crippen LogP contribution is 2.34. The van der Waals surface area contributed by atoms with E-state index in [4.69, 9.17) is 4.99 Å². The van der Waals surface area contributed by atoms with Crippen molar-refractivity contribution in [2.45, 2.75) is 32.2 Å². The van der Waals surface area contributed by atoms with Gasteiger partial charge in [-0.15, -0.1) is 0 Å². The summed E-state index contributed by atoms with van der Waals surface area (Å²) < 4.78 is 13.2. The Morgan fingerprint density at radius 3 is 2.74 bits per heavy atom. The highest BCUT2D eigenvalue weighted by Gasteiger charge is 2.32. The first-order valence-electron chi connectivity index (χ1n) is 8.53. The van der Waals surface area contributed by atoms with Gasteiger partial charge in [0, 0.05) is 19.1 Å². The van der Waals surface area contributed by atoms with E-state index in [1.165, 1.54) is 18.9 Å². The van der Waals surface area contributed by atoms with Crippen molar-refractivity contribution in [1.82, 2.24) is 15.5 Å². The fraction of sp³-hybridized carbons (Fsp3) is 0.611. The van der Waals surface area contributed by atoms with E-state index in [0.717, 1.165) is 43.5 Å². The minimum absolute atomic E-state index is 0.179. The van der Waals surface area contributed by atoms with Gasteiger partial charge in [-0.1, -0.05) is 12.1 Å². The molecule has 0 aromatic heterocycles. The van der Waals surface area contributed by atoms with E-state index in [1.54, 1.807) is 12.1 Å². The summed E-state index contributed by atoms with van der Waals surface area (Å²) >= 11 is 0. The maximum atomic E-state index is 13.2. The monoisotopic (exact) mass is 320 g/mol. The normalized spacial score (nSPS) is 16.5. The lowest BCUT2D eigenvalue weighted by Gasteiger charge is -2.23. The Morgan fingerprint density at radius 1 is 1.35 bits per heavy atom. The second kappa shape index (κ2) is 8.87. The van der Waals surface area contributed by atoms with Crippen molar-refractivity contribution < 1.29 is 4.39 Å². The molecule has 128 valence electrons. The van der Waals surface area contributed by atoms with Crippen molar-refractivity contribution in [2.24, 2.45) is 10.9 Å². The van der Waals surface area contributed by atoms with Crippen LogP contribution in [0.4, 0.5) is 4.39 Å². The highest BCUT2D eigenvalue weighted by atomic mass is 19.1. The molecule has 1 unspecified atom stereocenters. The molecule has 0 bridgehead atoms. The van der Waals surface area contributed by atoms with Crippen molar-refractivity contribution in [3.05, 3.63) is 35.6 Å². The molecule has 0 heterocycles. The fourth-order valence-electron chi connectivity index (χ4n) is 2.76. The molecule has 1 aromatic rings. The summed E-state index contributed by atoms with van der Waals surface area (Å²) in [5.41, 5.74) is 0.998. The number of likely N-dealkylation sites (N-methyl/N-ethyl adjacent to an activating group) is 1. The number of rotatable bonds is 8. The molecule has 0 radical (unpaired) electrons. The van der Waals surface area contributed by atoms with Crippen LogP contribution in [0, 0.1) is 11.7 Å². The van der Waals surface area contributed by atoms with Crippen LogP contribution < -0.4 is 10.6 Å². The summed E-state index contributed by atoms with van der Waals surface area (Å²) in [6, 6.07) is 7.28. The van der Waals surface area contributed by atoms with Gasteiger partial charge in [-0.05, 0) is 63.9 Å². The molecule has 0 aliphatic heterocycles. The van der Waals surface area contributed by atoms with Crippen molar-refractivity contribution in [3.8, 4) is 0 Å². The summed E-state index contributed by atoms with van der Waals surface area (Å²) in [6.07, 6.45) is 3.42. The van der Waals surface area contributed by atoms with Crippen molar-refractivity contribution in [1.29, 1.82) is 0 Å². The van der Waals surface area contributed by atoms with Crippen LogP contribution >= 0.6 is 0 Å². The Kier molecular flexibility index (Phi) is 6.84. The van der Waals surface area contributed by atoms with Gasteiger partial charge in [0.1, 0.15) is 5.82 Å². The second-order valence-corrected chi connectivity index (χ2v) is 6.39. The van der Waals surface area contributed by atoms with E-state index < -0.39 is 0 Å². The molecule has 2 N–H and O–H groups in total. The number of halogens is 1. The topological polar surface area (TPSA) is 39.7 Å². The Morgan fingerprint density at radius 2 is 2.13 bits per heavy atom. The van der Waals surface area contributed by atoms with Gasteiger partial charge in [0.25, 0.3) is 0 Å². The predicted octanol–water partition coefficient (Wildman–Crippen LogP) is 2.26. The van der Waals surface area contributed by atoms with Gasteiger partial charge in [0.15, 0.2) is 5.96 Å². The Balaban J connectivity index is 1.83. The number of hydrogen-bond donors (Lipinski definition) is 2. The predicted molar refractivity (Wildman–Crippen MR) is 94.3 cm³/mol. The largest absolute Gasteiger partial charge is 0.357 e. The molecule has 0 amide bonds. The van der Waals surface area contributed by atoms with Gasteiger partial charge in [-0.2, -0.15) is 0 Å². The molecular weight excluding hydrogens is 291 g/mol. The molecule has 5 heteroatoms. The van der Waals surface area contributed by atoms with Crippen LogP contribution in [0.1, 0.15) is 25.3 Å². The maximum absolute atomic E-state index is 13.2. The maximum Gasteiger partial charge on any atom is 0.191 e. The Hall–Kier alpha value is -1.62. The van der Waals surface area contributed by atoms with Crippen LogP contribution in [0.15, 0.2) is 29.3 Å². The lowest BCUT2D eigenvalue weighted by molar-refractivity contribution is 0.271. The van der Waals surface area contributed by atoms with Gasteiger partial charge in [0.05, 0.1) is 6.54 Å². The standard InChI is InChI=1S/C18H29FN4/c1-4-20-18(22-13-17(23(2)3)15-8-9-15)21-11-10-14-6-5-7-16(19)12-14/h5-7,12,15,17H,4,8-11,13H2,1-3H3,(H2,20,21,22). The average molecular weight is 320 g/mol. The summed E-state index contributed by atoms with van der Waals surface area (Å²) in [7, 11) is 4.26. The molecule has 1 fully saturated rings. The van der Waals surface area contributed by atoms with E-state index in [9.17, 15) is 4.39 Å². The highest BCUT2D eigenvalue weighted by molar-refractivity contribution is 5.79. The molecule has 1 aliphatic rings. The SMILES string of the molecule is CCNC(=NCC(C1CC1)N(C)C)NCCc1cccc(F)c1. The zero-order valence-corrected chi connectivity index (χ0v) is 14.5. The van der Waals surface area contributed by atoms with Gasteiger partial charge in [-0.25, -0.2) is 4.39 Å². The smallest absolute Gasteiger partial charge is 0.191 e. The van der Waals surface area contributed by atoms with E-state index in [-0.39, 0.29) is 5.82 Å². The van der Waals surface area contributed by atoms with E-state index in [1.807, 2.05) is 6.07 Å². The Bertz CT molecular complexity index is 509. The van der Waals surface area contributed by atoms with E-state index in [2.05, 4.69) is 36.6 Å². The third-order valence-corrected chi connectivity index (χ3v) is 4.21. The minimum atomic E-state index is -0.179.